The summed E-state index contributed by atoms with van der Waals surface area (Å²) in [5, 5.41) is 0.692. The first kappa shape index (κ1) is 17.6. The second-order valence-electron chi connectivity index (χ2n) is 7.03. The molecule has 0 aliphatic heterocycles. The lowest BCUT2D eigenvalue weighted by molar-refractivity contribution is 0.527. The highest BCUT2D eigenvalue weighted by molar-refractivity contribution is 7.80. The minimum absolute atomic E-state index is 0.692. The van der Waals surface area contributed by atoms with Gasteiger partial charge in [-0.2, -0.15) is 0 Å². The van der Waals surface area contributed by atoms with Gasteiger partial charge in [-0.15, -0.1) is 0 Å². The zero-order chi connectivity index (χ0) is 15.4. The maximum absolute atomic E-state index is 5.73. The molecule has 0 amide bonds. The van der Waals surface area contributed by atoms with E-state index in [1.54, 1.807) is 0 Å². The van der Waals surface area contributed by atoms with Gasteiger partial charge in [0.2, 0.25) is 0 Å². The maximum atomic E-state index is 5.73. The number of rotatable bonds is 6. The van der Waals surface area contributed by atoms with Crippen LogP contribution < -0.4 is 4.74 Å². The van der Waals surface area contributed by atoms with Crippen LogP contribution in [0.2, 0.25) is 39.3 Å². The Morgan fingerprint density at radius 1 is 1.00 bits per heavy atom. The van der Waals surface area contributed by atoms with Crippen molar-refractivity contribution in [2.24, 2.45) is 0 Å². The van der Waals surface area contributed by atoms with Crippen molar-refractivity contribution in [1.82, 2.24) is 4.23 Å². The lowest BCUT2D eigenvalue weighted by Crippen LogP contribution is -2.59. The molecular weight excluding hydrogens is 298 g/mol. The highest BCUT2D eigenvalue weighted by atomic mass is 32.1. The quantitative estimate of drug-likeness (QED) is 0.553. The summed E-state index contributed by atoms with van der Waals surface area (Å²) in [4.78, 5) is 0. The Kier molecular flexibility index (Phi) is 6.12. The van der Waals surface area contributed by atoms with Crippen molar-refractivity contribution in [2.75, 3.05) is 6.54 Å². The standard InChI is InChI=1S/C15H27NOSSi2/c1-19(2,3)16(20(4,5)6)13-12-15(18)17-14-10-8-7-9-11-14/h7-11H,12-13H2,1-6H3. The Bertz CT molecular complexity index is 423. The number of hydrogen-bond donors (Lipinski definition) is 0. The van der Waals surface area contributed by atoms with Gasteiger partial charge < -0.3 is 8.97 Å². The van der Waals surface area contributed by atoms with Crippen LogP contribution in [0.25, 0.3) is 0 Å². The molecule has 0 aliphatic carbocycles. The van der Waals surface area contributed by atoms with E-state index < -0.39 is 16.5 Å². The number of nitrogens with zero attached hydrogens (tertiary/aromatic N) is 1. The summed E-state index contributed by atoms with van der Waals surface area (Å²) in [6, 6.07) is 9.80. The molecule has 2 nitrogen and oxygen atoms in total. The summed E-state index contributed by atoms with van der Waals surface area (Å²) in [5.74, 6) is 0.838. The summed E-state index contributed by atoms with van der Waals surface area (Å²) >= 11 is 5.38. The van der Waals surface area contributed by atoms with E-state index in [-0.39, 0.29) is 0 Å². The van der Waals surface area contributed by atoms with Crippen molar-refractivity contribution in [3.63, 3.8) is 0 Å². The SMILES string of the molecule is C[Si](C)(C)N(CCC(=S)Oc1ccccc1)[Si](C)(C)C. The normalized spacial score (nSPS) is 12.6. The molecule has 1 aromatic carbocycles. The zero-order valence-corrected chi connectivity index (χ0v) is 16.4. The lowest BCUT2D eigenvalue weighted by Gasteiger charge is -2.43. The van der Waals surface area contributed by atoms with Crippen LogP contribution in [0.4, 0.5) is 0 Å². The van der Waals surface area contributed by atoms with Crippen LogP contribution in [0, 0.1) is 0 Å². The monoisotopic (exact) mass is 325 g/mol. The van der Waals surface area contributed by atoms with Gasteiger partial charge in [0.15, 0.2) is 5.05 Å². The van der Waals surface area contributed by atoms with Crippen molar-refractivity contribution in [2.45, 2.75) is 45.7 Å². The van der Waals surface area contributed by atoms with Crippen molar-refractivity contribution in [3.05, 3.63) is 30.3 Å². The Morgan fingerprint density at radius 2 is 1.50 bits per heavy atom. The van der Waals surface area contributed by atoms with Gasteiger partial charge in [0.05, 0.1) is 0 Å². The van der Waals surface area contributed by atoms with Crippen LogP contribution in [0.15, 0.2) is 30.3 Å². The second kappa shape index (κ2) is 6.98. The van der Waals surface area contributed by atoms with Gasteiger partial charge >= 0.3 is 0 Å². The van der Waals surface area contributed by atoms with Crippen molar-refractivity contribution < 1.29 is 4.74 Å². The first-order valence-electron chi connectivity index (χ1n) is 7.14. The average Bonchev–Trinajstić information content (AvgIpc) is 2.26. The van der Waals surface area contributed by atoms with Crippen LogP contribution in [0.5, 0.6) is 5.75 Å². The van der Waals surface area contributed by atoms with E-state index in [4.69, 9.17) is 17.0 Å². The molecule has 20 heavy (non-hydrogen) atoms. The molecule has 0 bridgehead atoms. The van der Waals surface area contributed by atoms with Crippen LogP contribution in [-0.4, -0.2) is 32.3 Å². The van der Waals surface area contributed by atoms with Gasteiger partial charge in [0, 0.05) is 6.42 Å². The molecule has 1 rings (SSSR count). The fourth-order valence-corrected chi connectivity index (χ4v) is 12.4. The third-order valence-corrected chi connectivity index (χ3v) is 11.1. The molecule has 0 spiro atoms. The molecule has 0 saturated heterocycles. The van der Waals surface area contributed by atoms with E-state index >= 15 is 0 Å². The van der Waals surface area contributed by atoms with Crippen LogP contribution >= 0.6 is 12.2 Å². The Labute approximate surface area is 131 Å². The molecule has 0 aromatic heterocycles. The van der Waals surface area contributed by atoms with Crippen molar-refractivity contribution >= 4 is 33.7 Å². The molecule has 112 valence electrons. The predicted octanol–water partition coefficient (Wildman–Crippen LogP) is 4.75. The van der Waals surface area contributed by atoms with Gasteiger partial charge in [-0.3, -0.25) is 0 Å². The number of hydrogen-bond acceptors (Lipinski definition) is 3. The molecule has 0 atom stereocenters. The smallest absolute Gasteiger partial charge is 0.168 e. The molecule has 5 heteroatoms. The highest BCUT2D eigenvalue weighted by Crippen LogP contribution is 2.20. The summed E-state index contributed by atoms with van der Waals surface area (Å²) in [6.07, 6.45) is 0.832. The average molecular weight is 326 g/mol. The van der Waals surface area contributed by atoms with E-state index in [0.29, 0.717) is 5.05 Å². The summed E-state index contributed by atoms with van der Waals surface area (Å²) in [7, 11) is -2.60. The van der Waals surface area contributed by atoms with E-state index in [1.807, 2.05) is 30.3 Å². The molecule has 0 N–H and O–H groups in total. The molecule has 1 aromatic rings. The molecule has 0 aliphatic rings. The predicted molar refractivity (Wildman–Crippen MR) is 97.7 cm³/mol. The summed E-state index contributed by atoms with van der Waals surface area (Å²) < 4.78 is 8.46. The van der Waals surface area contributed by atoms with Crippen LogP contribution in [0.3, 0.4) is 0 Å². The third-order valence-electron chi connectivity index (χ3n) is 3.13. The Morgan fingerprint density at radius 3 is 1.95 bits per heavy atom. The first-order chi connectivity index (χ1) is 9.10. The van der Waals surface area contributed by atoms with Crippen LogP contribution in [-0.2, 0) is 0 Å². The van der Waals surface area contributed by atoms with Crippen molar-refractivity contribution in [3.8, 4) is 5.75 Å². The van der Waals surface area contributed by atoms with E-state index in [0.717, 1.165) is 18.7 Å². The molecule has 0 fully saturated rings. The minimum atomic E-state index is -1.30. The second-order valence-corrected chi connectivity index (χ2v) is 17.7. The number of benzene rings is 1. The minimum Gasteiger partial charge on any atom is -0.450 e. The molecular formula is C15H27NOSSi2. The van der Waals surface area contributed by atoms with Gasteiger partial charge in [0.1, 0.15) is 22.2 Å². The highest BCUT2D eigenvalue weighted by Gasteiger charge is 2.33. The molecule has 0 saturated carbocycles. The lowest BCUT2D eigenvalue weighted by atomic mass is 10.3. The maximum Gasteiger partial charge on any atom is 0.168 e. The summed E-state index contributed by atoms with van der Waals surface area (Å²) in [6.45, 7) is 15.5. The van der Waals surface area contributed by atoms with Gasteiger partial charge in [0.25, 0.3) is 0 Å². The molecule has 0 unspecified atom stereocenters. The van der Waals surface area contributed by atoms with Gasteiger partial charge in [-0.25, -0.2) is 0 Å². The Hall–Kier alpha value is -0.496. The fourth-order valence-electron chi connectivity index (χ4n) is 2.55. The number of para-hydroxylation sites is 1. The van der Waals surface area contributed by atoms with E-state index in [1.165, 1.54) is 0 Å². The van der Waals surface area contributed by atoms with Crippen molar-refractivity contribution in [1.29, 1.82) is 0 Å². The van der Waals surface area contributed by atoms with Gasteiger partial charge in [-0.05, 0) is 30.9 Å². The van der Waals surface area contributed by atoms with Crippen LogP contribution in [0.1, 0.15) is 6.42 Å². The largest absolute Gasteiger partial charge is 0.450 e. The molecule has 0 heterocycles. The van der Waals surface area contributed by atoms with E-state index in [9.17, 15) is 0 Å². The Balaban J connectivity index is 2.58. The zero-order valence-electron chi connectivity index (χ0n) is 13.6. The topological polar surface area (TPSA) is 12.5 Å². The van der Waals surface area contributed by atoms with E-state index in [2.05, 4.69) is 43.5 Å². The summed E-state index contributed by atoms with van der Waals surface area (Å²) in [5.41, 5.74) is 0. The first-order valence-corrected chi connectivity index (χ1v) is 14.4. The third kappa shape index (κ3) is 5.87. The molecule has 0 radical (unpaired) electrons. The number of thiocarbonyl (C=S) groups is 1. The van der Waals surface area contributed by atoms with Gasteiger partial charge in [-0.1, -0.05) is 57.5 Å². The number of ether oxygens (including phenoxy) is 1. The fraction of sp³-hybridized carbons (Fsp3) is 0.533.